The van der Waals surface area contributed by atoms with Gasteiger partial charge in [0, 0.05) is 12.5 Å². The third-order valence-corrected chi connectivity index (χ3v) is 11.8. The summed E-state index contributed by atoms with van der Waals surface area (Å²) < 4.78 is 18.4. The molecular weight excluding hydrogens is 761 g/mol. The molecule has 6 aromatic carbocycles. The molecular formula is C51H44N6O4. The molecule has 1 aliphatic carbocycles. The number of imidazole rings is 1. The van der Waals surface area contributed by atoms with Crippen LogP contribution in [-0.4, -0.2) is 49.8 Å². The summed E-state index contributed by atoms with van der Waals surface area (Å²) in [6, 6.07) is 60.6. The molecule has 9 rings (SSSR count). The Morgan fingerprint density at radius 1 is 0.656 bits per heavy atom. The summed E-state index contributed by atoms with van der Waals surface area (Å²) in [5.74, 6) is 0. The van der Waals surface area contributed by atoms with E-state index in [0.29, 0.717) is 17.6 Å². The van der Waals surface area contributed by atoms with Gasteiger partial charge in [0.25, 0.3) is 0 Å². The first-order valence-corrected chi connectivity index (χ1v) is 20.3. The zero-order chi connectivity index (χ0) is 41.7. The van der Waals surface area contributed by atoms with E-state index in [1.165, 1.54) is 18.2 Å². The Kier molecular flexibility index (Phi) is 10.8. The van der Waals surface area contributed by atoms with E-state index in [1.807, 2.05) is 120 Å². The SMILES string of the molecule is COn1cnc2c(ncn2[C@H]2C[C@H](OC(c3ccccc3)(c3ccccc3)c3ccccc3)[C@](O)(COC(c3ccccc3)(c3ccccc3)c3ccccc3)C2)/c1=N\C#N. The highest BCUT2D eigenvalue weighted by molar-refractivity contribution is 5.69. The molecule has 2 aromatic heterocycles. The van der Waals surface area contributed by atoms with Crippen LogP contribution in [0.1, 0.15) is 52.3 Å². The first kappa shape index (κ1) is 39.3. The molecule has 10 nitrogen and oxygen atoms in total. The van der Waals surface area contributed by atoms with Crippen molar-refractivity contribution in [3.8, 4) is 6.19 Å². The summed E-state index contributed by atoms with van der Waals surface area (Å²) in [6.07, 6.45) is 4.78. The van der Waals surface area contributed by atoms with Crippen LogP contribution in [0.4, 0.5) is 0 Å². The second kappa shape index (κ2) is 16.8. The number of nitriles is 1. The van der Waals surface area contributed by atoms with Gasteiger partial charge in [0.1, 0.15) is 30.2 Å². The molecule has 8 aromatic rings. The average molecular weight is 805 g/mol. The molecule has 0 amide bonds. The number of aliphatic hydroxyl groups is 1. The first-order valence-electron chi connectivity index (χ1n) is 20.3. The molecule has 0 aliphatic heterocycles. The Morgan fingerprint density at radius 3 is 1.49 bits per heavy atom. The number of hydrogen-bond acceptors (Lipinski definition) is 8. The monoisotopic (exact) mass is 804 g/mol. The lowest BCUT2D eigenvalue weighted by Crippen LogP contribution is -2.50. The fourth-order valence-electron chi connectivity index (χ4n) is 9.01. The van der Waals surface area contributed by atoms with Crippen molar-refractivity contribution in [1.82, 2.24) is 19.3 Å². The lowest BCUT2D eigenvalue weighted by molar-refractivity contribution is -0.175. The largest absolute Gasteiger partial charge is 0.414 e. The van der Waals surface area contributed by atoms with Crippen LogP contribution in [0.2, 0.25) is 0 Å². The maximum Gasteiger partial charge on any atom is 0.211 e. The molecule has 3 atom stereocenters. The van der Waals surface area contributed by atoms with Crippen LogP contribution < -0.4 is 10.3 Å². The average Bonchev–Trinajstić information content (AvgIpc) is 3.91. The van der Waals surface area contributed by atoms with E-state index in [2.05, 4.69) is 82.8 Å². The maximum absolute atomic E-state index is 13.6. The van der Waals surface area contributed by atoms with Crippen LogP contribution in [0.5, 0.6) is 0 Å². The normalized spacial score (nSPS) is 18.2. The molecule has 0 radical (unpaired) electrons. The van der Waals surface area contributed by atoms with Crippen LogP contribution in [-0.2, 0) is 20.7 Å². The number of nitrogens with zero attached hydrogens (tertiary/aromatic N) is 6. The molecule has 302 valence electrons. The predicted molar refractivity (Wildman–Crippen MR) is 232 cm³/mol. The summed E-state index contributed by atoms with van der Waals surface area (Å²) in [4.78, 5) is 18.8. The van der Waals surface area contributed by atoms with Gasteiger partial charge < -0.3 is 24.0 Å². The Balaban J connectivity index is 1.23. The Bertz CT molecular complexity index is 2620. The van der Waals surface area contributed by atoms with E-state index >= 15 is 0 Å². The van der Waals surface area contributed by atoms with E-state index in [-0.39, 0.29) is 24.6 Å². The van der Waals surface area contributed by atoms with Crippen molar-refractivity contribution >= 4 is 11.2 Å². The van der Waals surface area contributed by atoms with Crippen molar-refractivity contribution in [2.75, 3.05) is 13.7 Å². The van der Waals surface area contributed by atoms with Crippen molar-refractivity contribution < 1.29 is 19.4 Å². The van der Waals surface area contributed by atoms with Crippen molar-refractivity contribution in [3.05, 3.63) is 234 Å². The quantitative estimate of drug-likeness (QED) is 0.0924. The lowest BCUT2D eigenvalue weighted by atomic mass is 9.79. The minimum atomic E-state index is -1.59. The van der Waals surface area contributed by atoms with Gasteiger partial charge in [0.05, 0.1) is 19.0 Å². The number of fused-ring (bicyclic) bond motifs is 1. The second-order valence-corrected chi connectivity index (χ2v) is 15.3. The van der Waals surface area contributed by atoms with Gasteiger partial charge in [-0.1, -0.05) is 182 Å². The van der Waals surface area contributed by atoms with Gasteiger partial charge in [-0.25, -0.2) is 9.97 Å². The summed E-state index contributed by atoms with van der Waals surface area (Å²) in [5, 5.41) is 23.2. The van der Waals surface area contributed by atoms with Gasteiger partial charge in [0.2, 0.25) is 11.7 Å². The Morgan fingerprint density at radius 2 is 1.08 bits per heavy atom. The summed E-state index contributed by atoms with van der Waals surface area (Å²) in [6.45, 7) is -0.111. The molecule has 0 unspecified atom stereocenters. The minimum absolute atomic E-state index is 0.111. The highest BCUT2D eigenvalue weighted by atomic mass is 16.6. The zero-order valence-electron chi connectivity index (χ0n) is 33.6. The van der Waals surface area contributed by atoms with Gasteiger partial charge in [0.15, 0.2) is 11.2 Å². The Labute approximate surface area is 354 Å². The molecule has 1 N–H and O–H groups in total. The molecule has 1 aliphatic rings. The standard InChI is InChI=1S/C51H44N6O4/c1-59-57-37-55-47-46(48(57)53-35-52)54-36-56(47)44-32-45(61-51(41-26-14-5-15-27-41,42-28-16-6-17-29-42)43-30-18-7-19-31-43)49(58,33-44)34-60-50(38-20-8-2-9-21-38,39-22-10-3-11-23-39)40-24-12-4-13-25-40/h2-31,36-37,44-45,58H,32-34H2,1H3/b53-48+/t44-,45-,49+/m0/s1. The fourth-order valence-corrected chi connectivity index (χ4v) is 9.01. The van der Waals surface area contributed by atoms with Gasteiger partial charge in [-0.05, 0) is 39.8 Å². The number of hydrogen-bond donors (Lipinski definition) is 1. The topological polar surface area (TPSA) is 120 Å². The number of benzene rings is 6. The van der Waals surface area contributed by atoms with Crippen molar-refractivity contribution in [2.45, 2.75) is 41.8 Å². The van der Waals surface area contributed by atoms with Gasteiger partial charge in [-0.3, -0.25) is 0 Å². The molecule has 0 bridgehead atoms. The van der Waals surface area contributed by atoms with Crippen LogP contribution >= 0.6 is 0 Å². The van der Waals surface area contributed by atoms with Gasteiger partial charge in [-0.2, -0.15) is 9.99 Å². The van der Waals surface area contributed by atoms with Crippen molar-refractivity contribution in [1.29, 1.82) is 5.26 Å². The van der Waals surface area contributed by atoms with Crippen molar-refractivity contribution in [2.24, 2.45) is 4.99 Å². The third kappa shape index (κ3) is 7.09. The van der Waals surface area contributed by atoms with Crippen LogP contribution in [0, 0.1) is 11.5 Å². The number of ether oxygens (including phenoxy) is 2. The second-order valence-electron chi connectivity index (χ2n) is 15.3. The highest BCUT2D eigenvalue weighted by Gasteiger charge is 2.54. The van der Waals surface area contributed by atoms with Gasteiger partial charge in [-0.15, -0.1) is 4.99 Å². The molecule has 1 saturated carbocycles. The first-order chi connectivity index (χ1) is 30.0. The highest BCUT2D eigenvalue weighted by Crippen LogP contribution is 2.50. The minimum Gasteiger partial charge on any atom is -0.414 e. The Hall–Kier alpha value is -7.16. The zero-order valence-corrected chi connectivity index (χ0v) is 33.6. The smallest absolute Gasteiger partial charge is 0.211 e. The van der Waals surface area contributed by atoms with Crippen molar-refractivity contribution in [3.63, 3.8) is 0 Å². The molecule has 2 heterocycles. The van der Waals surface area contributed by atoms with Crippen LogP contribution in [0.25, 0.3) is 11.2 Å². The predicted octanol–water partition coefficient (Wildman–Crippen LogP) is 8.12. The maximum atomic E-state index is 13.6. The van der Waals surface area contributed by atoms with Crippen LogP contribution in [0.15, 0.2) is 200 Å². The van der Waals surface area contributed by atoms with E-state index in [9.17, 15) is 10.4 Å². The third-order valence-electron chi connectivity index (χ3n) is 11.8. The van der Waals surface area contributed by atoms with E-state index < -0.39 is 22.9 Å². The number of aromatic nitrogens is 4. The molecule has 1 fully saturated rings. The molecule has 0 spiro atoms. The summed E-state index contributed by atoms with van der Waals surface area (Å²) in [7, 11) is 1.47. The lowest BCUT2D eigenvalue weighted by Gasteiger charge is -2.43. The molecule has 0 saturated heterocycles. The molecule has 10 heteroatoms. The van der Waals surface area contributed by atoms with E-state index in [0.717, 1.165) is 33.4 Å². The van der Waals surface area contributed by atoms with E-state index in [4.69, 9.17) is 19.3 Å². The summed E-state index contributed by atoms with van der Waals surface area (Å²) >= 11 is 0. The van der Waals surface area contributed by atoms with E-state index in [1.54, 1.807) is 6.33 Å². The summed E-state index contributed by atoms with van der Waals surface area (Å²) in [5.41, 5.74) is 2.73. The molecule has 61 heavy (non-hydrogen) atoms. The van der Waals surface area contributed by atoms with Crippen LogP contribution in [0.3, 0.4) is 0 Å². The number of rotatable bonds is 13. The fraction of sp³-hybridized carbons (Fsp3) is 0.176. The van der Waals surface area contributed by atoms with Gasteiger partial charge >= 0.3 is 0 Å².